The second-order valence-electron chi connectivity index (χ2n) is 4.39. The van der Waals surface area contributed by atoms with Crippen molar-refractivity contribution in [2.24, 2.45) is 0 Å². The fourth-order valence-corrected chi connectivity index (χ4v) is 3.01. The van der Waals surface area contributed by atoms with Crippen molar-refractivity contribution in [3.63, 3.8) is 0 Å². The Bertz CT molecular complexity index is 394. The fourth-order valence-electron chi connectivity index (χ4n) is 2.12. The van der Waals surface area contributed by atoms with Crippen molar-refractivity contribution in [1.29, 1.82) is 0 Å². The number of hydrogen-bond donors (Lipinski definition) is 1. The molecule has 5 heteroatoms. The van der Waals surface area contributed by atoms with E-state index in [1.54, 1.807) is 0 Å². The number of rotatable bonds is 2. The number of aromatic nitrogens is 1. The molecule has 1 N–H and O–H groups in total. The van der Waals surface area contributed by atoms with E-state index in [0.29, 0.717) is 0 Å². The molecule has 2 rings (SSSR count). The van der Waals surface area contributed by atoms with Gasteiger partial charge >= 0.3 is 0 Å². The van der Waals surface area contributed by atoms with Crippen LogP contribution in [0.5, 0.6) is 0 Å². The third-order valence-electron chi connectivity index (χ3n) is 3.10. The minimum Gasteiger partial charge on any atom is -0.365 e. The predicted molar refractivity (Wildman–Crippen MR) is 70.8 cm³/mol. The van der Waals surface area contributed by atoms with E-state index >= 15 is 0 Å². The minimum absolute atomic E-state index is 0.156. The molecule has 1 aliphatic heterocycles. The van der Waals surface area contributed by atoms with Crippen LogP contribution >= 0.6 is 11.3 Å². The molecule has 0 aromatic carbocycles. The van der Waals surface area contributed by atoms with Gasteiger partial charge in [0.25, 0.3) is 5.91 Å². The van der Waals surface area contributed by atoms with Crippen LogP contribution in [0.25, 0.3) is 0 Å². The van der Waals surface area contributed by atoms with Gasteiger partial charge in [0, 0.05) is 20.1 Å². The SMILES string of the molecule is CNc1nc(C)c(C(=O)N2CCCCCC2)s1. The van der Waals surface area contributed by atoms with Gasteiger partial charge in [-0.05, 0) is 19.8 Å². The maximum Gasteiger partial charge on any atom is 0.265 e. The van der Waals surface area contributed by atoms with Crippen molar-refractivity contribution in [1.82, 2.24) is 9.88 Å². The van der Waals surface area contributed by atoms with Gasteiger partial charge in [0.05, 0.1) is 5.69 Å². The van der Waals surface area contributed by atoms with Crippen LogP contribution < -0.4 is 5.32 Å². The average Bonchev–Trinajstić information content (AvgIpc) is 2.56. The Balaban J connectivity index is 2.14. The highest BCUT2D eigenvalue weighted by Gasteiger charge is 2.21. The van der Waals surface area contributed by atoms with Crippen LogP contribution in [0, 0.1) is 6.92 Å². The molecule has 17 heavy (non-hydrogen) atoms. The summed E-state index contributed by atoms with van der Waals surface area (Å²) >= 11 is 1.45. The van der Waals surface area contributed by atoms with Crippen molar-refractivity contribution < 1.29 is 4.79 Å². The molecule has 1 aromatic heterocycles. The average molecular weight is 253 g/mol. The van der Waals surface area contributed by atoms with Crippen LogP contribution in [-0.2, 0) is 0 Å². The van der Waals surface area contributed by atoms with Crippen molar-refractivity contribution in [2.75, 3.05) is 25.5 Å². The molecule has 0 saturated carbocycles. The molecule has 1 fully saturated rings. The lowest BCUT2D eigenvalue weighted by Crippen LogP contribution is -2.31. The Morgan fingerprint density at radius 1 is 1.29 bits per heavy atom. The Labute approximate surface area is 106 Å². The zero-order valence-corrected chi connectivity index (χ0v) is 11.3. The van der Waals surface area contributed by atoms with Crippen molar-refractivity contribution in [3.8, 4) is 0 Å². The molecule has 0 bridgehead atoms. The minimum atomic E-state index is 0.156. The van der Waals surface area contributed by atoms with E-state index in [1.165, 1.54) is 24.2 Å². The summed E-state index contributed by atoms with van der Waals surface area (Å²) in [4.78, 5) is 19.5. The van der Waals surface area contributed by atoms with Gasteiger partial charge in [-0.2, -0.15) is 0 Å². The van der Waals surface area contributed by atoms with E-state index in [4.69, 9.17) is 0 Å². The number of aryl methyl sites for hydroxylation is 1. The summed E-state index contributed by atoms with van der Waals surface area (Å²) in [5, 5.41) is 3.82. The Morgan fingerprint density at radius 3 is 2.47 bits per heavy atom. The van der Waals surface area contributed by atoms with Crippen LogP contribution in [0.2, 0.25) is 0 Å². The first kappa shape index (κ1) is 12.4. The molecule has 0 aliphatic carbocycles. The first-order valence-corrected chi connectivity index (χ1v) is 6.98. The van der Waals surface area contributed by atoms with Crippen molar-refractivity contribution >= 4 is 22.4 Å². The topological polar surface area (TPSA) is 45.2 Å². The number of amides is 1. The standard InChI is InChI=1S/C12H19N3OS/c1-9-10(17-12(13-2)14-9)11(16)15-7-5-3-4-6-8-15/h3-8H2,1-2H3,(H,13,14). The molecular weight excluding hydrogens is 234 g/mol. The summed E-state index contributed by atoms with van der Waals surface area (Å²) in [6.07, 6.45) is 4.74. The lowest BCUT2D eigenvalue weighted by atomic mass is 10.2. The van der Waals surface area contributed by atoms with Crippen LogP contribution in [-0.4, -0.2) is 35.9 Å². The van der Waals surface area contributed by atoms with Crippen LogP contribution in [0.3, 0.4) is 0 Å². The molecule has 94 valence electrons. The molecule has 2 heterocycles. The monoisotopic (exact) mass is 253 g/mol. The third-order valence-corrected chi connectivity index (χ3v) is 4.26. The zero-order chi connectivity index (χ0) is 12.3. The van der Waals surface area contributed by atoms with Gasteiger partial charge in [0.2, 0.25) is 0 Å². The Morgan fingerprint density at radius 2 is 1.94 bits per heavy atom. The molecule has 0 atom stereocenters. The fraction of sp³-hybridized carbons (Fsp3) is 0.667. The number of hydrogen-bond acceptors (Lipinski definition) is 4. The molecule has 0 spiro atoms. The van der Waals surface area contributed by atoms with Crippen molar-refractivity contribution in [2.45, 2.75) is 32.6 Å². The van der Waals surface area contributed by atoms with E-state index in [9.17, 15) is 4.79 Å². The summed E-state index contributed by atoms with van der Waals surface area (Å²) in [5.41, 5.74) is 0.841. The number of carbonyl (C=O) groups excluding carboxylic acids is 1. The first-order chi connectivity index (χ1) is 8.22. The molecule has 0 radical (unpaired) electrons. The lowest BCUT2D eigenvalue weighted by Gasteiger charge is -2.19. The molecule has 1 saturated heterocycles. The zero-order valence-electron chi connectivity index (χ0n) is 10.5. The van der Waals surface area contributed by atoms with Crippen LogP contribution in [0.15, 0.2) is 0 Å². The van der Waals surface area contributed by atoms with Gasteiger partial charge < -0.3 is 10.2 Å². The number of thiazole rings is 1. The number of nitrogens with zero attached hydrogens (tertiary/aromatic N) is 2. The number of carbonyl (C=O) groups is 1. The highest BCUT2D eigenvalue weighted by molar-refractivity contribution is 7.17. The highest BCUT2D eigenvalue weighted by Crippen LogP contribution is 2.24. The van der Waals surface area contributed by atoms with E-state index in [2.05, 4.69) is 10.3 Å². The van der Waals surface area contributed by atoms with Crippen LogP contribution in [0.4, 0.5) is 5.13 Å². The maximum atomic E-state index is 12.4. The largest absolute Gasteiger partial charge is 0.365 e. The Kier molecular flexibility index (Phi) is 3.99. The number of likely N-dealkylation sites (tertiary alicyclic amines) is 1. The summed E-state index contributed by atoms with van der Waals surface area (Å²) < 4.78 is 0. The second kappa shape index (κ2) is 5.49. The first-order valence-electron chi connectivity index (χ1n) is 6.17. The second-order valence-corrected chi connectivity index (χ2v) is 5.39. The van der Waals surface area contributed by atoms with Crippen molar-refractivity contribution in [3.05, 3.63) is 10.6 Å². The van der Waals surface area contributed by atoms with E-state index in [0.717, 1.165) is 41.6 Å². The summed E-state index contributed by atoms with van der Waals surface area (Å²) in [7, 11) is 1.83. The number of anilines is 1. The van der Waals surface area contributed by atoms with Gasteiger partial charge in [-0.15, -0.1) is 0 Å². The molecule has 1 amide bonds. The van der Waals surface area contributed by atoms with Gasteiger partial charge in [0.15, 0.2) is 5.13 Å². The smallest absolute Gasteiger partial charge is 0.265 e. The molecule has 1 aromatic rings. The van der Waals surface area contributed by atoms with E-state index < -0.39 is 0 Å². The van der Waals surface area contributed by atoms with Gasteiger partial charge in [-0.25, -0.2) is 4.98 Å². The van der Waals surface area contributed by atoms with Gasteiger partial charge in [-0.3, -0.25) is 4.79 Å². The van der Waals surface area contributed by atoms with Gasteiger partial charge in [0.1, 0.15) is 4.88 Å². The lowest BCUT2D eigenvalue weighted by molar-refractivity contribution is 0.0765. The van der Waals surface area contributed by atoms with Gasteiger partial charge in [-0.1, -0.05) is 24.2 Å². The predicted octanol–water partition coefficient (Wildman–Crippen LogP) is 2.51. The molecule has 0 unspecified atom stereocenters. The summed E-state index contributed by atoms with van der Waals surface area (Å²) in [6, 6.07) is 0. The molecule has 4 nitrogen and oxygen atoms in total. The molecule has 1 aliphatic rings. The summed E-state index contributed by atoms with van der Waals surface area (Å²) in [6.45, 7) is 3.69. The third kappa shape index (κ3) is 2.77. The van der Waals surface area contributed by atoms with Crippen LogP contribution in [0.1, 0.15) is 41.0 Å². The number of nitrogens with one attached hydrogen (secondary N) is 1. The van der Waals surface area contributed by atoms with E-state index in [1.807, 2.05) is 18.9 Å². The maximum absolute atomic E-state index is 12.4. The highest BCUT2D eigenvalue weighted by atomic mass is 32.1. The Hall–Kier alpha value is -1.10. The summed E-state index contributed by atoms with van der Waals surface area (Å²) in [5.74, 6) is 0.156. The normalized spacial score (nSPS) is 16.7. The van der Waals surface area contributed by atoms with E-state index in [-0.39, 0.29) is 5.91 Å². The quantitative estimate of drug-likeness (QED) is 0.881. The molecular formula is C12H19N3OS.